The maximum Gasteiger partial charge on any atom is 1.00 e. The maximum atomic E-state index is 10.9. The number of carboxylic acid groups (broad SMARTS) is 2. The summed E-state index contributed by atoms with van der Waals surface area (Å²) in [5.41, 5.74) is 0.394. The van der Waals surface area contributed by atoms with Gasteiger partial charge in [-0.2, -0.15) is 9.69 Å². The van der Waals surface area contributed by atoms with Crippen molar-refractivity contribution in [2.24, 2.45) is 0 Å². The van der Waals surface area contributed by atoms with Crippen LogP contribution in [0.25, 0.3) is 22.1 Å². The molecule has 0 aliphatic carbocycles. The van der Waals surface area contributed by atoms with Gasteiger partial charge in [0, 0.05) is 10.2 Å². The van der Waals surface area contributed by atoms with E-state index in [1.165, 1.54) is 36.4 Å². The smallest absolute Gasteiger partial charge is 0.692 e. The molecule has 0 aliphatic rings. The first-order chi connectivity index (χ1) is 12.4. The standard InChI is InChI=1S/2C7H5N3O3.2Na/c2*11-7(12)4-2-1-3-5-6(4)8-9-10(5)13;;/h2*1-3,9H,(H,11,12);;/q;;2*+1/p-2. The Balaban J connectivity index is 0.000000261. The van der Waals surface area contributed by atoms with Gasteiger partial charge < -0.3 is 30.2 Å². The number of hydrogen-bond acceptors (Lipinski definition) is 8. The van der Waals surface area contributed by atoms with E-state index in [0.29, 0.717) is 9.69 Å². The van der Waals surface area contributed by atoms with Gasteiger partial charge in [-0.25, -0.2) is 0 Å². The van der Waals surface area contributed by atoms with Crippen LogP contribution in [0.3, 0.4) is 0 Å². The molecular weight excluding hydrogens is 394 g/mol. The number of carbonyl (C=O) groups excluding carboxylic acids is 2. The van der Waals surface area contributed by atoms with Crippen LogP contribution in [0.4, 0.5) is 0 Å². The molecule has 4 rings (SSSR count). The largest absolute Gasteiger partial charge is 1.00 e. The molecule has 2 aromatic carbocycles. The predicted molar refractivity (Wildman–Crippen MR) is 78.8 cm³/mol. The summed E-state index contributed by atoms with van der Waals surface area (Å²) < 4.78 is 0. The van der Waals surface area contributed by atoms with Crippen molar-refractivity contribution in [3.63, 3.8) is 0 Å². The molecule has 12 nitrogen and oxygen atoms in total. The Morgan fingerprint density at radius 3 is 1.43 bits per heavy atom. The van der Waals surface area contributed by atoms with Crippen molar-refractivity contribution in [3.8, 4) is 0 Å². The number of rotatable bonds is 2. The molecule has 4 aromatic rings. The maximum absolute atomic E-state index is 10.9. The molecule has 0 amide bonds. The van der Waals surface area contributed by atoms with Crippen LogP contribution in [-0.2, 0) is 0 Å². The number of nitrogens with zero attached hydrogens (tertiary/aromatic N) is 4. The van der Waals surface area contributed by atoms with Crippen molar-refractivity contribution >= 4 is 34.0 Å². The van der Waals surface area contributed by atoms with Gasteiger partial charge in [-0.1, -0.05) is 22.6 Å². The second kappa shape index (κ2) is 9.82. The van der Waals surface area contributed by atoms with E-state index in [4.69, 9.17) is 0 Å². The summed E-state index contributed by atoms with van der Waals surface area (Å²) in [5, 5.41) is 54.2. The van der Waals surface area contributed by atoms with Crippen LogP contribution in [0, 0.1) is 10.4 Å². The number of aromatic carboxylic acids is 2. The quantitative estimate of drug-likeness (QED) is 0.187. The number of benzene rings is 2. The van der Waals surface area contributed by atoms with Crippen LogP contribution in [0.1, 0.15) is 20.7 Å². The molecule has 0 saturated carbocycles. The third-order valence-corrected chi connectivity index (χ3v) is 3.41. The summed E-state index contributed by atoms with van der Waals surface area (Å²) in [6.45, 7) is 0. The summed E-state index contributed by atoms with van der Waals surface area (Å²) in [6.07, 6.45) is 0. The molecule has 0 aliphatic heterocycles. The van der Waals surface area contributed by atoms with Crippen molar-refractivity contribution < 1.29 is 88.6 Å². The summed E-state index contributed by atoms with van der Waals surface area (Å²) in [6, 6.07) is 8.52. The van der Waals surface area contributed by atoms with Gasteiger partial charge in [-0.3, -0.25) is 0 Å². The van der Waals surface area contributed by atoms with Gasteiger partial charge in [0.05, 0.1) is 23.1 Å². The number of fused-ring (bicyclic) bond motifs is 2. The van der Waals surface area contributed by atoms with E-state index >= 15 is 0 Å². The number of carboxylic acids is 2. The van der Waals surface area contributed by atoms with E-state index in [2.05, 4.69) is 20.6 Å². The van der Waals surface area contributed by atoms with Crippen LogP contribution in [0.2, 0.25) is 0 Å². The number of H-pyrrole nitrogens is 2. The first-order valence-electron chi connectivity index (χ1n) is 6.96. The topological polar surface area (TPSA) is 191 Å². The number of aromatic amines is 2. The molecule has 0 radical (unpaired) electrons. The average Bonchev–Trinajstić information content (AvgIpc) is 3.19. The molecule has 2 heterocycles. The van der Waals surface area contributed by atoms with Crippen molar-refractivity contribution in [2.45, 2.75) is 0 Å². The molecule has 0 unspecified atom stereocenters. The van der Waals surface area contributed by atoms with Gasteiger partial charge in [0.1, 0.15) is 0 Å². The van der Waals surface area contributed by atoms with Crippen LogP contribution in [-0.4, -0.2) is 32.6 Å². The molecule has 28 heavy (non-hydrogen) atoms. The molecule has 0 spiro atoms. The van der Waals surface area contributed by atoms with E-state index in [1.807, 2.05) is 0 Å². The summed E-state index contributed by atoms with van der Waals surface area (Å²) in [7, 11) is 0. The number of para-hydroxylation sites is 2. The molecule has 2 N–H and O–H groups in total. The fraction of sp³-hybridized carbons (Fsp3) is 0. The summed E-state index contributed by atoms with van der Waals surface area (Å²) in [4.78, 5) is 21.9. The van der Waals surface area contributed by atoms with Gasteiger partial charge >= 0.3 is 59.1 Å². The Labute approximate surface area is 199 Å². The Bertz CT molecular complexity index is 1050. The molecular formula is C14H8N6Na2O6. The van der Waals surface area contributed by atoms with E-state index in [0.717, 1.165) is 0 Å². The molecule has 2 aromatic heterocycles. The molecule has 0 saturated heterocycles. The molecule has 0 atom stereocenters. The first kappa shape index (κ1) is 23.8. The zero-order chi connectivity index (χ0) is 18.8. The summed E-state index contributed by atoms with van der Waals surface area (Å²) >= 11 is 0. The number of hydrogen-bond donors (Lipinski definition) is 2. The summed E-state index contributed by atoms with van der Waals surface area (Å²) in [5.74, 6) is -2.70. The number of aromatic nitrogens is 6. The molecule has 0 bridgehead atoms. The third kappa shape index (κ3) is 4.60. The van der Waals surface area contributed by atoms with Gasteiger partial charge in [0.15, 0.2) is 0 Å². The van der Waals surface area contributed by atoms with Gasteiger partial charge in [0.25, 0.3) is 11.0 Å². The van der Waals surface area contributed by atoms with E-state index in [-0.39, 0.29) is 92.3 Å². The predicted octanol–water partition coefficient (Wildman–Crippen LogP) is -8.87. The fourth-order valence-electron chi connectivity index (χ4n) is 2.25. The van der Waals surface area contributed by atoms with Crippen LogP contribution < -0.4 is 79.0 Å². The van der Waals surface area contributed by atoms with E-state index < -0.39 is 11.9 Å². The Hall–Kier alpha value is -2.22. The Morgan fingerprint density at radius 2 is 1.11 bits per heavy atom. The van der Waals surface area contributed by atoms with Crippen molar-refractivity contribution in [1.29, 1.82) is 0 Å². The van der Waals surface area contributed by atoms with Crippen molar-refractivity contribution in [2.75, 3.05) is 0 Å². The van der Waals surface area contributed by atoms with Gasteiger partial charge in [0.2, 0.25) is 11.0 Å². The van der Waals surface area contributed by atoms with Crippen LogP contribution >= 0.6 is 0 Å². The van der Waals surface area contributed by atoms with Crippen LogP contribution in [0.15, 0.2) is 36.4 Å². The van der Waals surface area contributed by atoms with E-state index in [1.54, 1.807) is 0 Å². The van der Waals surface area contributed by atoms with Gasteiger partial charge in [-0.05, 0) is 24.3 Å². The fourth-order valence-corrected chi connectivity index (χ4v) is 2.25. The van der Waals surface area contributed by atoms with E-state index in [9.17, 15) is 30.2 Å². The number of carbonyl (C=O) groups is 2. The molecule has 14 heteroatoms. The van der Waals surface area contributed by atoms with Crippen LogP contribution in [0.5, 0.6) is 0 Å². The minimum absolute atomic E-state index is 0. The minimum Gasteiger partial charge on any atom is -0.692 e. The first-order valence-corrected chi connectivity index (χ1v) is 6.96. The van der Waals surface area contributed by atoms with Crippen molar-refractivity contribution in [1.82, 2.24) is 20.6 Å². The Morgan fingerprint density at radius 1 is 0.750 bits per heavy atom. The average molecular weight is 402 g/mol. The normalized spacial score (nSPS) is 9.71. The zero-order valence-corrected chi connectivity index (χ0v) is 18.7. The zero-order valence-electron chi connectivity index (χ0n) is 14.7. The van der Waals surface area contributed by atoms with Gasteiger partial charge in [-0.15, -0.1) is 0 Å². The second-order valence-corrected chi connectivity index (χ2v) is 4.93. The Kier molecular flexibility index (Phi) is 8.35. The monoisotopic (exact) mass is 402 g/mol. The molecule has 132 valence electrons. The third-order valence-electron chi connectivity index (χ3n) is 3.41. The van der Waals surface area contributed by atoms with Crippen molar-refractivity contribution in [3.05, 3.63) is 57.9 Å². The second-order valence-electron chi connectivity index (χ2n) is 4.93. The minimum atomic E-state index is -1.35. The number of nitrogens with one attached hydrogen (secondary N) is 2. The molecule has 0 fully saturated rings. The SMILES string of the molecule is O=C([O-])c1cccc2c1n[nH][n+]2[O-].O=C([O-])c1cccc2c1n[nH][n+]2[O-].[Na+].[Na+].